The summed E-state index contributed by atoms with van der Waals surface area (Å²) in [5.74, 6) is -3.36. The van der Waals surface area contributed by atoms with Gasteiger partial charge in [0.25, 0.3) is 0 Å². The van der Waals surface area contributed by atoms with E-state index in [0.29, 0.717) is 12.8 Å². The molecule has 4 aliphatic heterocycles. The molecule has 4 aliphatic rings. The minimum absolute atomic E-state index is 0.0954. The Hall–Kier alpha value is -2.43. The Morgan fingerprint density at radius 2 is 1.36 bits per heavy atom. The molecule has 3 saturated heterocycles. The van der Waals surface area contributed by atoms with Crippen molar-refractivity contribution in [3.8, 4) is 0 Å². The van der Waals surface area contributed by atoms with E-state index >= 15 is 0 Å². The van der Waals surface area contributed by atoms with E-state index in [1.165, 1.54) is 21.0 Å². The Morgan fingerprint density at radius 3 is 1.97 bits per heavy atom. The maximum atomic E-state index is 13.3. The van der Waals surface area contributed by atoms with Crippen LogP contribution in [0.3, 0.4) is 0 Å². The zero-order valence-electron chi connectivity index (χ0n) is 38.2. The summed E-state index contributed by atoms with van der Waals surface area (Å²) in [4.78, 5) is 13.3. The van der Waals surface area contributed by atoms with Gasteiger partial charge in [-0.1, -0.05) is 81.5 Å². The first-order chi connectivity index (χ1) is 30.1. The molecule has 0 aromatic carbocycles. The number of hydrogen-bond acceptors (Lipinski definition) is 17. The van der Waals surface area contributed by atoms with Crippen molar-refractivity contribution >= 4 is 5.97 Å². The van der Waals surface area contributed by atoms with Crippen LogP contribution in [0.5, 0.6) is 0 Å². The highest BCUT2D eigenvalue weighted by atomic mass is 16.7. The summed E-state index contributed by atoms with van der Waals surface area (Å²) in [6.45, 7) is 10.6. The van der Waals surface area contributed by atoms with Crippen molar-refractivity contribution < 1.29 is 84.3 Å². The van der Waals surface area contributed by atoms with Crippen molar-refractivity contribution in [2.75, 3.05) is 7.11 Å². The summed E-state index contributed by atoms with van der Waals surface area (Å²) in [5, 5.41) is 109. The fourth-order valence-corrected chi connectivity index (χ4v) is 9.43. The van der Waals surface area contributed by atoms with Crippen molar-refractivity contribution in [2.24, 2.45) is 17.8 Å². The lowest BCUT2D eigenvalue weighted by Gasteiger charge is -2.49. The Balaban J connectivity index is 1.63. The molecular weight excluding hydrogens is 836 g/mol. The van der Waals surface area contributed by atoms with Crippen LogP contribution in [0.4, 0.5) is 0 Å². The maximum Gasteiger partial charge on any atom is 0.306 e. The van der Waals surface area contributed by atoms with Crippen LogP contribution in [0.2, 0.25) is 0 Å². The maximum absolute atomic E-state index is 13.3. The van der Waals surface area contributed by atoms with E-state index in [9.17, 15) is 55.9 Å². The number of aliphatic hydroxyl groups is 10. The summed E-state index contributed by atoms with van der Waals surface area (Å²) >= 11 is 0. The molecular formula is C47H76O17. The lowest BCUT2D eigenvalue weighted by Crippen LogP contribution is -2.63. The van der Waals surface area contributed by atoms with Crippen LogP contribution in [0.15, 0.2) is 60.8 Å². The standard InChI is InChI=1S/C47H76O17/c1-8-35-27(3)40(36-23-34(51)44(59-7)29(5)60-36)26(2)17-15-13-11-9-10-12-14-16-18-31(62-45-43(56)42(55)41(54)28(4)61-45)22-38-46(6,57)37(52)25-47(58,64-38)24-30(48)21-33(50)32(49)19-20-39(53)63-35/h9-18,26-38,40-45,48-52,54-58H,8,19-25H2,1-7H3/b10-9-,13-11-,14-12-,17-15-,18-16-/t26?,27?,28-,29+,30+,31?,32-,33-,34-,35?,36-,37+,38+,40?,41-,42+,43+,44+,45+,46+,47-/m1/s1. The van der Waals surface area contributed by atoms with E-state index in [1.807, 2.05) is 58.1 Å². The van der Waals surface area contributed by atoms with E-state index in [1.54, 1.807) is 30.4 Å². The van der Waals surface area contributed by atoms with Crippen LogP contribution in [0, 0.1) is 17.8 Å². The third-order valence-corrected chi connectivity index (χ3v) is 13.3. The van der Waals surface area contributed by atoms with Crippen LogP contribution in [0.25, 0.3) is 0 Å². The molecule has 17 nitrogen and oxygen atoms in total. The molecule has 0 aromatic heterocycles. The monoisotopic (exact) mass is 913 g/mol. The van der Waals surface area contributed by atoms with Gasteiger partial charge in [0.15, 0.2) is 12.1 Å². The van der Waals surface area contributed by atoms with E-state index in [4.69, 9.17) is 28.4 Å². The second-order valence-corrected chi connectivity index (χ2v) is 18.4. The largest absolute Gasteiger partial charge is 0.462 e. The molecule has 10 N–H and O–H groups in total. The molecule has 0 aromatic rings. The molecule has 366 valence electrons. The number of carbonyl (C=O) groups excluding carboxylic acids is 1. The first-order valence-corrected chi connectivity index (χ1v) is 22.7. The van der Waals surface area contributed by atoms with Gasteiger partial charge in [-0.25, -0.2) is 0 Å². The van der Waals surface area contributed by atoms with Gasteiger partial charge in [-0.2, -0.15) is 0 Å². The van der Waals surface area contributed by atoms with Crippen molar-refractivity contribution in [2.45, 2.75) is 202 Å². The van der Waals surface area contributed by atoms with Gasteiger partial charge in [0.05, 0.1) is 61.0 Å². The number of allylic oxidation sites excluding steroid dienone is 9. The predicted octanol–water partition coefficient (Wildman–Crippen LogP) is 1.38. The Labute approximate surface area is 377 Å². The van der Waals surface area contributed by atoms with Crippen molar-refractivity contribution in [1.29, 1.82) is 0 Å². The molecule has 4 heterocycles. The smallest absolute Gasteiger partial charge is 0.306 e. The lowest BCUT2D eigenvalue weighted by molar-refractivity contribution is -0.341. The number of ether oxygens (including phenoxy) is 6. The summed E-state index contributed by atoms with van der Waals surface area (Å²) in [6.07, 6.45) is -1.61. The van der Waals surface area contributed by atoms with Gasteiger partial charge < -0.3 is 79.5 Å². The van der Waals surface area contributed by atoms with Gasteiger partial charge in [0.1, 0.15) is 36.1 Å². The number of esters is 1. The van der Waals surface area contributed by atoms with Crippen LogP contribution in [-0.2, 0) is 33.2 Å². The highest BCUT2D eigenvalue weighted by Gasteiger charge is 2.54. The normalized spacial score (nSPS) is 49.0. The summed E-state index contributed by atoms with van der Waals surface area (Å²) in [5.41, 5.74) is -1.96. The third-order valence-electron chi connectivity index (χ3n) is 13.3. The van der Waals surface area contributed by atoms with E-state index < -0.39 is 134 Å². The fraction of sp³-hybridized carbons (Fsp3) is 0.766. The summed E-state index contributed by atoms with van der Waals surface area (Å²) in [7, 11) is 1.53. The second-order valence-electron chi connectivity index (χ2n) is 18.4. The highest BCUT2D eigenvalue weighted by molar-refractivity contribution is 5.69. The van der Waals surface area contributed by atoms with Gasteiger partial charge in [-0.05, 0) is 51.4 Å². The number of aliphatic hydroxyl groups excluding tert-OH is 8. The molecule has 0 aliphatic carbocycles. The number of methoxy groups -OCH3 is 1. The molecule has 0 amide bonds. The number of fused-ring (bicyclic) bond motifs is 2. The van der Waals surface area contributed by atoms with Gasteiger partial charge in [0.2, 0.25) is 0 Å². The van der Waals surface area contributed by atoms with Crippen molar-refractivity contribution in [3.05, 3.63) is 60.8 Å². The quantitative estimate of drug-likeness (QED) is 0.175. The Morgan fingerprint density at radius 1 is 0.734 bits per heavy atom. The molecule has 17 heteroatoms. The minimum atomic E-state index is -2.23. The molecule has 0 spiro atoms. The highest BCUT2D eigenvalue weighted by Crippen LogP contribution is 2.41. The van der Waals surface area contributed by atoms with E-state index in [2.05, 4.69) is 0 Å². The predicted molar refractivity (Wildman–Crippen MR) is 233 cm³/mol. The minimum Gasteiger partial charge on any atom is -0.462 e. The van der Waals surface area contributed by atoms with Crippen LogP contribution in [-0.4, -0.2) is 173 Å². The van der Waals surface area contributed by atoms with Crippen molar-refractivity contribution in [3.63, 3.8) is 0 Å². The average Bonchev–Trinajstić information content (AvgIpc) is 3.22. The molecule has 2 bridgehead atoms. The van der Waals surface area contributed by atoms with E-state index in [0.717, 1.165) is 0 Å². The van der Waals surface area contributed by atoms with Gasteiger partial charge in [-0.15, -0.1) is 0 Å². The molecule has 3 fully saturated rings. The number of cyclic esters (lactones) is 1. The Kier molecular flexibility index (Phi) is 20.8. The van der Waals surface area contributed by atoms with Crippen LogP contribution >= 0.6 is 0 Å². The van der Waals surface area contributed by atoms with Crippen molar-refractivity contribution in [1.82, 2.24) is 0 Å². The molecule has 64 heavy (non-hydrogen) atoms. The summed E-state index contributed by atoms with van der Waals surface area (Å²) in [6, 6.07) is 0. The molecule has 5 unspecified atom stereocenters. The van der Waals surface area contributed by atoms with Gasteiger partial charge in [0, 0.05) is 45.6 Å². The van der Waals surface area contributed by atoms with Crippen LogP contribution in [0.1, 0.15) is 92.9 Å². The topological polar surface area (TPSA) is 275 Å². The zero-order chi connectivity index (χ0) is 47.5. The lowest BCUT2D eigenvalue weighted by atomic mass is 9.73. The number of hydrogen-bond donors (Lipinski definition) is 10. The first kappa shape index (κ1) is 54.2. The van der Waals surface area contributed by atoms with Crippen LogP contribution < -0.4 is 0 Å². The van der Waals surface area contributed by atoms with Gasteiger partial charge in [-0.3, -0.25) is 4.79 Å². The third kappa shape index (κ3) is 14.5. The summed E-state index contributed by atoms with van der Waals surface area (Å²) < 4.78 is 35.7. The molecule has 21 atom stereocenters. The fourth-order valence-electron chi connectivity index (χ4n) is 9.43. The van der Waals surface area contributed by atoms with E-state index in [-0.39, 0.29) is 37.0 Å². The first-order valence-electron chi connectivity index (χ1n) is 22.7. The Bertz CT molecular complexity index is 1570. The molecule has 0 saturated carbocycles. The molecule has 0 radical (unpaired) electrons. The SMILES string of the molecule is CCC1OC(=O)CC[C@@H](O)[C@H](O)C[C@H](O)C[C@]2(O)C[C@H](O)[C@](C)(O)[C@H](CC(O[C@@H]3O[C@H](C)[C@@H](O)[C@H](O)[C@@H]3O)\C=C/C=C\C=C/C=C\C=C/C(C)C([C@H]3C[C@@H](O)[C@@H](OC)[C@H](C)O3)C1C)O2. The number of carbonyl (C=O) groups is 1. The number of rotatable bonds is 5. The second kappa shape index (κ2) is 24.5. The molecule has 4 rings (SSSR count). The van der Waals surface area contributed by atoms with Gasteiger partial charge >= 0.3 is 5.97 Å². The zero-order valence-corrected chi connectivity index (χ0v) is 38.2. The average molecular weight is 913 g/mol.